The van der Waals surface area contributed by atoms with E-state index >= 15 is 0 Å². The number of amides is 2. The molecular weight excluding hydrogens is 364 g/mol. The zero-order valence-electron chi connectivity index (χ0n) is 19.5. The van der Waals surface area contributed by atoms with Crippen LogP contribution in [0.15, 0.2) is 47.2 Å². The monoisotopic (exact) mass is 402 g/mol. The molecule has 0 saturated heterocycles. The maximum absolute atomic E-state index is 11.6. The highest BCUT2D eigenvalue weighted by atomic mass is 16.6. The van der Waals surface area contributed by atoms with E-state index in [1.807, 2.05) is 52.8 Å². The van der Waals surface area contributed by atoms with Crippen LogP contribution in [0.2, 0.25) is 0 Å². The first-order valence-electron chi connectivity index (χ1n) is 9.94. The second-order valence-corrected chi connectivity index (χ2v) is 6.74. The van der Waals surface area contributed by atoms with Crippen LogP contribution in [0.4, 0.5) is 10.5 Å². The van der Waals surface area contributed by atoms with Gasteiger partial charge in [-0.1, -0.05) is 54.9 Å². The average molecular weight is 403 g/mol. The van der Waals surface area contributed by atoms with E-state index in [0.29, 0.717) is 5.92 Å². The quantitative estimate of drug-likeness (QED) is 0.326. The van der Waals surface area contributed by atoms with Gasteiger partial charge in [0.1, 0.15) is 7.11 Å². The van der Waals surface area contributed by atoms with Crippen molar-refractivity contribution in [2.45, 2.75) is 48.0 Å². The van der Waals surface area contributed by atoms with Crippen LogP contribution in [0.3, 0.4) is 0 Å². The van der Waals surface area contributed by atoms with Crippen molar-refractivity contribution in [3.63, 3.8) is 0 Å². The Labute approximate surface area is 176 Å². The number of aryl methyl sites for hydroxylation is 1. The summed E-state index contributed by atoms with van der Waals surface area (Å²) in [6.45, 7) is 12.1. The number of benzene rings is 1. The lowest BCUT2D eigenvalue weighted by atomic mass is 9.93. The molecule has 0 radical (unpaired) electrons. The molecule has 0 aromatic heterocycles. The Morgan fingerprint density at radius 1 is 1.21 bits per heavy atom. The molecule has 0 fully saturated rings. The van der Waals surface area contributed by atoms with Gasteiger partial charge in [-0.2, -0.15) is 0 Å². The number of nitrogens with two attached hydrogens (primary N) is 1. The molecule has 0 aliphatic heterocycles. The summed E-state index contributed by atoms with van der Waals surface area (Å²) in [6, 6.07) is 5.62. The molecule has 1 aromatic rings. The normalized spacial score (nSPS) is 15.2. The Morgan fingerprint density at radius 2 is 1.83 bits per heavy atom. The highest BCUT2D eigenvalue weighted by molar-refractivity contribution is 5.91. The fraction of sp³-hybridized carbons (Fsp3) is 0.478. The van der Waals surface area contributed by atoms with Crippen molar-refractivity contribution >= 4 is 17.4 Å². The van der Waals surface area contributed by atoms with Gasteiger partial charge in [-0.25, -0.2) is 10.6 Å². The smallest absolute Gasteiger partial charge is 0.338 e. The summed E-state index contributed by atoms with van der Waals surface area (Å²) in [5, 5.41) is 4.99. The average Bonchev–Trinajstić information content (AvgIpc) is 2.71. The van der Waals surface area contributed by atoms with Gasteiger partial charge >= 0.3 is 6.03 Å². The van der Waals surface area contributed by atoms with Crippen molar-refractivity contribution in [1.82, 2.24) is 5.01 Å². The standard InChI is InChI=1S/C11H17N3O.C10H15NO.C2H6/c1-8-6-5-7-10(9(8)2)13(3)11(15)14(4)12;1-8-5-4-6-10(7-8)9(2)11-12-3;1-2/h5-7H,12H2,1-4H3;4-5,7,10H,6H2,1-3H3;1-2H3/t;10-;/m.0./s1. The Balaban J connectivity index is 0.000000508. The highest BCUT2D eigenvalue weighted by Gasteiger charge is 2.15. The molecule has 162 valence electrons. The molecule has 0 unspecified atom stereocenters. The summed E-state index contributed by atoms with van der Waals surface area (Å²) in [7, 11) is 4.83. The van der Waals surface area contributed by atoms with Gasteiger partial charge in [0.05, 0.1) is 5.71 Å². The first kappa shape index (κ1) is 26.4. The van der Waals surface area contributed by atoms with Crippen molar-refractivity contribution in [3.05, 3.63) is 53.1 Å². The minimum absolute atomic E-state index is 0.233. The third kappa shape index (κ3) is 8.52. The van der Waals surface area contributed by atoms with E-state index in [4.69, 9.17) is 10.7 Å². The molecule has 0 bridgehead atoms. The van der Waals surface area contributed by atoms with Gasteiger partial charge in [0.25, 0.3) is 0 Å². The fourth-order valence-electron chi connectivity index (χ4n) is 2.78. The topological polar surface area (TPSA) is 71.2 Å². The number of urea groups is 1. The van der Waals surface area contributed by atoms with Crippen molar-refractivity contribution in [2.75, 3.05) is 26.1 Å². The SMILES string of the molecule is CC.CON=C(C)[C@@H]1C=C(C)C=CC1.Cc1cccc(N(C)C(=O)N(C)N)c1C. The number of rotatable bonds is 3. The van der Waals surface area contributed by atoms with Gasteiger partial charge in [0, 0.05) is 25.7 Å². The molecule has 1 aliphatic rings. The molecule has 6 heteroatoms. The van der Waals surface area contributed by atoms with E-state index in [2.05, 4.69) is 30.3 Å². The van der Waals surface area contributed by atoms with Gasteiger partial charge in [-0.05, 0) is 51.3 Å². The second kappa shape index (κ2) is 13.6. The molecule has 2 rings (SSSR count). The van der Waals surface area contributed by atoms with E-state index in [-0.39, 0.29) is 6.03 Å². The summed E-state index contributed by atoms with van der Waals surface area (Å²) >= 11 is 0. The van der Waals surface area contributed by atoms with E-state index in [9.17, 15) is 4.79 Å². The van der Waals surface area contributed by atoms with Gasteiger partial charge in [0.2, 0.25) is 0 Å². The maximum Gasteiger partial charge on any atom is 0.338 e. The van der Waals surface area contributed by atoms with Crippen LogP contribution in [0.5, 0.6) is 0 Å². The molecular formula is C23H38N4O2. The van der Waals surface area contributed by atoms with Gasteiger partial charge in [-0.3, -0.25) is 9.91 Å². The Bertz CT molecular complexity index is 736. The number of anilines is 1. The molecule has 6 nitrogen and oxygen atoms in total. The molecule has 29 heavy (non-hydrogen) atoms. The largest absolute Gasteiger partial charge is 0.399 e. The first-order chi connectivity index (χ1) is 13.7. The summed E-state index contributed by atoms with van der Waals surface area (Å²) in [4.78, 5) is 17.9. The number of nitrogens with zero attached hydrogens (tertiary/aromatic N) is 3. The van der Waals surface area contributed by atoms with Crippen molar-refractivity contribution in [1.29, 1.82) is 0 Å². The summed E-state index contributed by atoms with van der Waals surface area (Å²) in [6.07, 6.45) is 7.57. The summed E-state index contributed by atoms with van der Waals surface area (Å²) < 4.78 is 0. The van der Waals surface area contributed by atoms with Crippen LogP contribution in [-0.2, 0) is 4.84 Å². The molecule has 1 aromatic carbocycles. The molecule has 0 heterocycles. The molecule has 1 atom stereocenters. The van der Waals surface area contributed by atoms with Crippen LogP contribution in [0.25, 0.3) is 0 Å². The van der Waals surface area contributed by atoms with Crippen LogP contribution < -0.4 is 10.7 Å². The number of carbonyl (C=O) groups excluding carboxylic acids is 1. The van der Waals surface area contributed by atoms with E-state index in [1.54, 1.807) is 19.1 Å². The van der Waals surface area contributed by atoms with Crippen LogP contribution >= 0.6 is 0 Å². The van der Waals surface area contributed by atoms with Crippen molar-refractivity contribution in [2.24, 2.45) is 16.9 Å². The third-order valence-corrected chi connectivity index (χ3v) is 4.53. The zero-order valence-corrected chi connectivity index (χ0v) is 19.5. The first-order valence-corrected chi connectivity index (χ1v) is 9.94. The number of carbonyl (C=O) groups is 1. The minimum Gasteiger partial charge on any atom is -0.399 e. The van der Waals surface area contributed by atoms with Gasteiger partial charge in [-0.15, -0.1) is 0 Å². The Morgan fingerprint density at radius 3 is 2.34 bits per heavy atom. The van der Waals surface area contributed by atoms with Crippen LogP contribution in [-0.4, -0.2) is 38.0 Å². The summed E-state index contributed by atoms with van der Waals surface area (Å²) in [5.41, 5.74) is 5.48. The third-order valence-electron chi connectivity index (χ3n) is 4.53. The number of hydrogen-bond donors (Lipinski definition) is 1. The van der Waals surface area contributed by atoms with E-state index < -0.39 is 0 Å². The van der Waals surface area contributed by atoms with Crippen LogP contribution in [0.1, 0.15) is 45.2 Å². The second-order valence-electron chi connectivity index (χ2n) is 6.74. The van der Waals surface area contributed by atoms with Crippen LogP contribution in [0, 0.1) is 19.8 Å². The molecule has 2 N–H and O–H groups in total. The number of oxime groups is 1. The predicted octanol–water partition coefficient (Wildman–Crippen LogP) is 5.22. The number of allylic oxidation sites excluding steroid dienone is 4. The lowest BCUT2D eigenvalue weighted by molar-refractivity contribution is 0.211. The van der Waals surface area contributed by atoms with Crippen molar-refractivity contribution in [3.8, 4) is 0 Å². The predicted molar refractivity (Wildman–Crippen MR) is 124 cm³/mol. The number of hydrogen-bond acceptors (Lipinski definition) is 4. The number of hydrazine groups is 1. The minimum atomic E-state index is -0.233. The van der Waals surface area contributed by atoms with E-state index in [1.165, 1.54) is 12.6 Å². The highest BCUT2D eigenvalue weighted by Crippen LogP contribution is 2.22. The Kier molecular flexibility index (Phi) is 12.3. The molecule has 0 saturated carbocycles. The Hall–Kier alpha value is -2.60. The van der Waals surface area contributed by atoms with Crippen molar-refractivity contribution < 1.29 is 9.63 Å². The van der Waals surface area contributed by atoms with Gasteiger partial charge in [0.15, 0.2) is 0 Å². The molecule has 2 amide bonds. The maximum atomic E-state index is 11.6. The zero-order chi connectivity index (χ0) is 22.6. The lowest BCUT2D eigenvalue weighted by Crippen LogP contribution is -2.43. The summed E-state index contributed by atoms with van der Waals surface area (Å²) in [5.74, 6) is 5.83. The van der Waals surface area contributed by atoms with Gasteiger partial charge < -0.3 is 4.84 Å². The molecule has 0 spiro atoms. The molecule has 1 aliphatic carbocycles. The van der Waals surface area contributed by atoms with E-state index in [0.717, 1.165) is 34.0 Å². The fourth-order valence-corrected chi connectivity index (χ4v) is 2.78. The lowest BCUT2D eigenvalue weighted by Gasteiger charge is -2.23.